The van der Waals surface area contributed by atoms with Gasteiger partial charge >= 0.3 is 0 Å². The van der Waals surface area contributed by atoms with E-state index in [4.69, 9.17) is 29.8 Å². The Morgan fingerprint density at radius 1 is 1.09 bits per heavy atom. The molecule has 2 atom stereocenters. The van der Waals surface area contributed by atoms with Crippen molar-refractivity contribution in [3.8, 4) is 6.07 Å². The zero-order valence-corrected chi connectivity index (χ0v) is 20.3. The zero-order valence-electron chi connectivity index (χ0n) is 18.7. The lowest BCUT2D eigenvalue weighted by atomic mass is 9.93. The van der Waals surface area contributed by atoms with Gasteiger partial charge in [0.25, 0.3) is 0 Å². The normalized spacial score (nSPS) is 18.1. The second kappa shape index (κ2) is 10.1. The zero-order chi connectivity index (χ0) is 24.3. The maximum atomic E-state index is 11.3. The molecule has 172 valence electrons. The van der Waals surface area contributed by atoms with Crippen molar-refractivity contribution in [3.05, 3.63) is 105 Å². The summed E-state index contributed by atoms with van der Waals surface area (Å²) in [6.07, 6.45) is 0. The third-order valence-corrected chi connectivity index (χ3v) is 6.81. The quantitative estimate of drug-likeness (QED) is 0.433. The number of benzene rings is 3. The molecule has 1 saturated heterocycles. The van der Waals surface area contributed by atoms with Crippen LogP contribution in [0.1, 0.15) is 29.7 Å². The molecule has 1 N–H and O–H groups in total. The highest BCUT2D eigenvalue weighted by Crippen LogP contribution is 2.37. The van der Waals surface area contributed by atoms with Crippen molar-refractivity contribution in [3.63, 3.8) is 0 Å². The minimum absolute atomic E-state index is 0.0169. The lowest BCUT2D eigenvalue weighted by Gasteiger charge is -2.45. The Kier molecular flexibility index (Phi) is 7.12. The van der Waals surface area contributed by atoms with E-state index in [-0.39, 0.29) is 6.04 Å². The summed E-state index contributed by atoms with van der Waals surface area (Å²) < 4.78 is 0. The predicted molar refractivity (Wildman–Crippen MR) is 136 cm³/mol. The van der Waals surface area contributed by atoms with Crippen LogP contribution in [0.3, 0.4) is 0 Å². The van der Waals surface area contributed by atoms with Crippen molar-refractivity contribution >= 4 is 34.6 Å². The number of β-amino-alcohol motifs (C(OH)–C–C–N with tert-alkyl or cyclic N) is 1. The molecule has 0 aromatic heterocycles. The van der Waals surface area contributed by atoms with Gasteiger partial charge in [0.2, 0.25) is 0 Å². The summed E-state index contributed by atoms with van der Waals surface area (Å²) in [5.74, 6) is 0. The number of nitrogens with zero attached hydrogens (tertiary/aromatic N) is 4. The smallest absolute Gasteiger partial charge is 0.187 e. The molecule has 0 bridgehead atoms. The number of nitriles is 1. The Morgan fingerprint density at radius 3 is 2.41 bits per heavy atom. The van der Waals surface area contributed by atoms with Gasteiger partial charge in [0.15, 0.2) is 5.69 Å². The second-order valence-electron chi connectivity index (χ2n) is 8.71. The van der Waals surface area contributed by atoms with Gasteiger partial charge in [-0.2, -0.15) is 5.26 Å². The second-order valence-corrected chi connectivity index (χ2v) is 9.55. The van der Waals surface area contributed by atoms with E-state index in [1.54, 1.807) is 31.2 Å². The molecule has 0 amide bonds. The van der Waals surface area contributed by atoms with Crippen LogP contribution in [0.25, 0.3) is 4.85 Å². The molecular weight excluding hydrogens is 467 g/mol. The fourth-order valence-corrected chi connectivity index (χ4v) is 4.89. The van der Waals surface area contributed by atoms with Crippen LogP contribution in [0.4, 0.5) is 11.4 Å². The number of rotatable bonds is 5. The van der Waals surface area contributed by atoms with E-state index in [0.29, 0.717) is 40.9 Å². The van der Waals surface area contributed by atoms with Gasteiger partial charge in [-0.15, -0.1) is 0 Å². The lowest BCUT2D eigenvalue weighted by Crippen LogP contribution is -2.52. The Hall–Kier alpha value is -3.06. The number of hydrogen-bond donors (Lipinski definition) is 1. The van der Waals surface area contributed by atoms with Crippen molar-refractivity contribution < 1.29 is 5.11 Å². The molecule has 4 rings (SSSR count). The molecular formula is C27H24Cl2N4O. The Bertz CT molecular complexity index is 1240. The minimum Gasteiger partial charge on any atom is -0.384 e. The number of halogens is 2. The molecule has 1 heterocycles. The molecule has 7 heteroatoms. The van der Waals surface area contributed by atoms with E-state index < -0.39 is 5.60 Å². The average Bonchev–Trinajstić information content (AvgIpc) is 2.84. The Balaban J connectivity index is 1.61. The van der Waals surface area contributed by atoms with Gasteiger partial charge in [0, 0.05) is 31.2 Å². The van der Waals surface area contributed by atoms with Gasteiger partial charge < -0.3 is 10.0 Å². The van der Waals surface area contributed by atoms with E-state index >= 15 is 0 Å². The van der Waals surface area contributed by atoms with E-state index in [9.17, 15) is 10.4 Å². The number of anilines is 1. The minimum atomic E-state index is -1.07. The number of hydrogen-bond acceptors (Lipinski definition) is 4. The van der Waals surface area contributed by atoms with Crippen LogP contribution in [0.5, 0.6) is 0 Å². The highest BCUT2D eigenvalue weighted by atomic mass is 35.5. The van der Waals surface area contributed by atoms with E-state index in [1.807, 2.05) is 42.5 Å². The molecule has 0 aliphatic carbocycles. The van der Waals surface area contributed by atoms with Crippen molar-refractivity contribution in [1.82, 2.24) is 4.90 Å². The van der Waals surface area contributed by atoms with Crippen LogP contribution < -0.4 is 4.90 Å². The fraction of sp³-hybridized carbons (Fsp3) is 0.259. The van der Waals surface area contributed by atoms with Crippen LogP contribution in [-0.4, -0.2) is 36.2 Å². The van der Waals surface area contributed by atoms with Crippen LogP contribution in [0.2, 0.25) is 10.0 Å². The van der Waals surface area contributed by atoms with E-state index in [2.05, 4.69) is 20.7 Å². The molecule has 3 aromatic rings. The van der Waals surface area contributed by atoms with Gasteiger partial charge in [-0.05, 0) is 48.4 Å². The van der Waals surface area contributed by atoms with Gasteiger partial charge in [-0.3, -0.25) is 4.90 Å². The Morgan fingerprint density at radius 2 is 1.79 bits per heavy atom. The van der Waals surface area contributed by atoms with E-state index in [1.165, 1.54) is 0 Å². The third kappa shape index (κ3) is 5.20. The first-order valence-electron chi connectivity index (χ1n) is 11.0. The molecule has 3 aromatic carbocycles. The van der Waals surface area contributed by atoms with Gasteiger partial charge in [-0.1, -0.05) is 59.6 Å². The largest absolute Gasteiger partial charge is 0.384 e. The van der Waals surface area contributed by atoms with Crippen molar-refractivity contribution in [2.45, 2.75) is 18.6 Å². The standard InChI is InChI=1S/C27H24Cl2N4O/c1-27(34,21-6-10-23(31-2)11-7-21)18-32-13-14-33(25-12-3-19(16-30)15-24(25)29)26(17-32)20-4-8-22(28)9-5-20/h3-12,15,26,34H,13-14,17-18H2,1H3/t26-,27-/m0/s1. The molecule has 1 aliphatic heterocycles. The summed E-state index contributed by atoms with van der Waals surface area (Å²) in [6, 6.07) is 22.4. The molecule has 5 nitrogen and oxygen atoms in total. The highest BCUT2D eigenvalue weighted by Gasteiger charge is 2.34. The predicted octanol–water partition coefficient (Wildman–Crippen LogP) is 6.19. The molecule has 1 aliphatic rings. The van der Waals surface area contributed by atoms with Gasteiger partial charge in [-0.25, -0.2) is 4.85 Å². The SMILES string of the molecule is [C-]#[N+]c1ccc([C@@](C)(O)CN2CCN(c3ccc(C#N)cc3Cl)[C@H](c3ccc(Cl)cc3)C2)cc1. The van der Waals surface area contributed by atoms with Crippen LogP contribution >= 0.6 is 23.2 Å². The molecule has 0 saturated carbocycles. The first kappa shape index (κ1) is 24.1. The van der Waals surface area contributed by atoms with Gasteiger partial charge in [0.1, 0.15) is 0 Å². The summed E-state index contributed by atoms with van der Waals surface area (Å²) in [4.78, 5) is 7.93. The van der Waals surface area contributed by atoms with Crippen molar-refractivity contribution in [1.29, 1.82) is 5.26 Å². The molecule has 34 heavy (non-hydrogen) atoms. The molecule has 0 unspecified atom stereocenters. The van der Waals surface area contributed by atoms with Gasteiger partial charge in [0.05, 0.1) is 40.6 Å². The van der Waals surface area contributed by atoms with Crippen LogP contribution in [0.15, 0.2) is 66.7 Å². The third-order valence-electron chi connectivity index (χ3n) is 6.26. The van der Waals surface area contributed by atoms with Crippen molar-refractivity contribution in [2.24, 2.45) is 0 Å². The Labute approximate surface area is 210 Å². The average molecular weight is 491 g/mol. The summed E-state index contributed by atoms with van der Waals surface area (Å²) >= 11 is 12.7. The van der Waals surface area contributed by atoms with Crippen LogP contribution in [0, 0.1) is 17.9 Å². The molecule has 1 fully saturated rings. The lowest BCUT2D eigenvalue weighted by molar-refractivity contribution is 0.0103. The number of aliphatic hydroxyl groups is 1. The van der Waals surface area contributed by atoms with Crippen LogP contribution in [-0.2, 0) is 5.60 Å². The first-order valence-corrected chi connectivity index (χ1v) is 11.7. The first-order chi connectivity index (χ1) is 16.3. The molecule has 0 radical (unpaired) electrons. The monoisotopic (exact) mass is 490 g/mol. The maximum absolute atomic E-state index is 11.3. The summed E-state index contributed by atoms with van der Waals surface area (Å²) in [5.41, 5.74) is 2.75. The molecule has 0 spiro atoms. The van der Waals surface area contributed by atoms with E-state index in [0.717, 1.165) is 23.4 Å². The summed E-state index contributed by atoms with van der Waals surface area (Å²) in [7, 11) is 0. The summed E-state index contributed by atoms with van der Waals surface area (Å²) in [6.45, 7) is 11.5. The number of piperazine rings is 1. The maximum Gasteiger partial charge on any atom is 0.187 e. The topological polar surface area (TPSA) is 54.9 Å². The summed E-state index contributed by atoms with van der Waals surface area (Å²) in [5, 5.41) is 21.7. The highest BCUT2D eigenvalue weighted by molar-refractivity contribution is 6.33. The fourth-order valence-electron chi connectivity index (χ4n) is 4.47. The van der Waals surface area contributed by atoms with Crippen molar-refractivity contribution in [2.75, 3.05) is 31.1 Å².